The molecule has 4 nitrogen and oxygen atoms in total. The minimum atomic E-state index is -0.881. The minimum Gasteiger partial charge on any atom is -0.378 e. The van der Waals surface area contributed by atoms with E-state index in [0.29, 0.717) is 26.3 Å². The molecular formula is C15H20F2N2O2. The van der Waals surface area contributed by atoms with Crippen LogP contribution in [0.3, 0.4) is 0 Å². The fourth-order valence-electron chi connectivity index (χ4n) is 2.45. The predicted octanol–water partition coefficient (Wildman–Crippen LogP) is 1.86. The fraction of sp³-hybridized carbons (Fsp3) is 0.533. The van der Waals surface area contributed by atoms with Gasteiger partial charge in [0.25, 0.3) is 0 Å². The summed E-state index contributed by atoms with van der Waals surface area (Å²) in [7, 11) is 0. The summed E-state index contributed by atoms with van der Waals surface area (Å²) in [5.74, 6) is -1.81. The molecule has 1 aliphatic heterocycles. The van der Waals surface area contributed by atoms with E-state index in [9.17, 15) is 13.6 Å². The highest BCUT2D eigenvalue weighted by Crippen LogP contribution is 2.19. The molecule has 1 N–H and O–H groups in total. The van der Waals surface area contributed by atoms with Gasteiger partial charge in [0.2, 0.25) is 5.91 Å². The molecule has 0 aliphatic carbocycles. The van der Waals surface area contributed by atoms with Crippen LogP contribution in [-0.4, -0.2) is 43.2 Å². The van der Waals surface area contributed by atoms with Crippen LogP contribution in [0.1, 0.15) is 25.5 Å². The lowest BCUT2D eigenvalue weighted by Crippen LogP contribution is -2.49. The van der Waals surface area contributed by atoms with E-state index in [-0.39, 0.29) is 11.5 Å². The number of nitrogens with zero attached hydrogens (tertiary/aromatic N) is 1. The first kappa shape index (κ1) is 15.9. The third-order valence-electron chi connectivity index (χ3n) is 3.64. The highest BCUT2D eigenvalue weighted by Gasteiger charge is 2.24. The molecule has 2 unspecified atom stereocenters. The van der Waals surface area contributed by atoms with Crippen LogP contribution in [0.2, 0.25) is 0 Å². The molecule has 1 aliphatic rings. The predicted molar refractivity (Wildman–Crippen MR) is 74.8 cm³/mol. The molecule has 1 aromatic rings. The molecule has 1 fully saturated rings. The molecule has 116 valence electrons. The summed E-state index contributed by atoms with van der Waals surface area (Å²) in [4.78, 5) is 14.0. The Bertz CT molecular complexity index is 504. The fourth-order valence-corrected chi connectivity index (χ4v) is 2.45. The van der Waals surface area contributed by atoms with Crippen molar-refractivity contribution in [1.82, 2.24) is 10.2 Å². The van der Waals surface area contributed by atoms with Gasteiger partial charge in [-0.25, -0.2) is 8.78 Å². The van der Waals surface area contributed by atoms with Gasteiger partial charge in [-0.15, -0.1) is 0 Å². The largest absolute Gasteiger partial charge is 0.378 e. The van der Waals surface area contributed by atoms with E-state index in [1.165, 1.54) is 12.1 Å². The first-order valence-electron chi connectivity index (χ1n) is 7.07. The summed E-state index contributed by atoms with van der Waals surface area (Å²) in [5, 5.41) is 3.02. The molecule has 0 bridgehead atoms. The Balaban J connectivity index is 1.99. The summed E-state index contributed by atoms with van der Waals surface area (Å²) in [6.45, 7) is 5.63. The van der Waals surface area contributed by atoms with Crippen LogP contribution in [-0.2, 0) is 9.53 Å². The summed E-state index contributed by atoms with van der Waals surface area (Å²) in [6.07, 6.45) is 0. The van der Waals surface area contributed by atoms with Gasteiger partial charge in [0.15, 0.2) is 11.6 Å². The van der Waals surface area contributed by atoms with Crippen LogP contribution >= 0.6 is 0 Å². The second-order valence-corrected chi connectivity index (χ2v) is 5.19. The Hall–Kier alpha value is -1.53. The molecule has 1 saturated heterocycles. The SMILES string of the molecule is CC(NC(C)c1cccc(F)c1F)C(=O)N1CCOCC1. The average Bonchev–Trinajstić information content (AvgIpc) is 2.50. The normalized spacial score (nSPS) is 18.4. The van der Waals surface area contributed by atoms with Crippen molar-refractivity contribution < 1.29 is 18.3 Å². The zero-order valence-electron chi connectivity index (χ0n) is 12.2. The Morgan fingerprint density at radius 1 is 1.29 bits per heavy atom. The highest BCUT2D eigenvalue weighted by molar-refractivity contribution is 5.81. The summed E-state index contributed by atoms with van der Waals surface area (Å²) in [6, 6.07) is 3.12. The number of benzene rings is 1. The van der Waals surface area contributed by atoms with Crippen LogP contribution in [0.15, 0.2) is 18.2 Å². The van der Waals surface area contributed by atoms with Gasteiger partial charge in [0, 0.05) is 24.7 Å². The minimum absolute atomic E-state index is 0.0537. The number of morpholine rings is 1. The molecular weight excluding hydrogens is 278 g/mol. The maximum absolute atomic E-state index is 13.7. The van der Waals surface area contributed by atoms with Crippen molar-refractivity contribution in [3.8, 4) is 0 Å². The molecule has 1 aromatic carbocycles. The molecule has 1 amide bonds. The Labute approximate surface area is 123 Å². The van der Waals surface area contributed by atoms with Crippen molar-refractivity contribution >= 4 is 5.91 Å². The maximum Gasteiger partial charge on any atom is 0.239 e. The van der Waals surface area contributed by atoms with Crippen molar-refractivity contribution in [2.24, 2.45) is 0 Å². The molecule has 21 heavy (non-hydrogen) atoms. The van der Waals surface area contributed by atoms with Gasteiger partial charge < -0.3 is 9.64 Å². The third kappa shape index (κ3) is 3.77. The third-order valence-corrected chi connectivity index (χ3v) is 3.64. The second-order valence-electron chi connectivity index (χ2n) is 5.19. The van der Waals surface area contributed by atoms with Gasteiger partial charge in [-0.1, -0.05) is 12.1 Å². The molecule has 0 aromatic heterocycles. The van der Waals surface area contributed by atoms with E-state index in [2.05, 4.69) is 5.32 Å². The summed E-state index contributed by atoms with van der Waals surface area (Å²) >= 11 is 0. The lowest BCUT2D eigenvalue weighted by atomic mass is 10.1. The molecule has 2 atom stereocenters. The average molecular weight is 298 g/mol. The molecule has 6 heteroatoms. The molecule has 0 spiro atoms. The number of rotatable bonds is 4. The van der Waals surface area contributed by atoms with Crippen LogP contribution in [0, 0.1) is 11.6 Å². The van der Waals surface area contributed by atoms with E-state index in [1.807, 2.05) is 0 Å². The topological polar surface area (TPSA) is 41.6 Å². The van der Waals surface area contributed by atoms with E-state index in [1.54, 1.807) is 18.7 Å². The first-order valence-corrected chi connectivity index (χ1v) is 7.07. The van der Waals surface area contributed by atoms with Gasteiger partial charge in [-0.3, -0.25) is 10.1 Å². The quantitative estimate of drug-likeness (QED) is 0.922. The molecule has 0 radical (unpaired) electrons. The van der Waals surface area contributed by atoms with Crippen LogP contribution in [0.4, 0.5) is 8.78 Å². The van der Waals surface area contributed by atoms with Crippen molar-refractivity contribution in [3.05, 3.63) is 35.4 Å². The number of amides is 1. The van der Waals surface area contributed by atoms with Crippen LogP contribution in [0.5, 0.6) is 0 Å². The molecule has 1 heterocycles. The van der Waals surface area contributed by atoms with Crippen molar-refractivity contribution in [2.45, 2.75) is 25.9 Å². The van der Waals surface area contributed by atoms with Gasteiger partial charge in [0.1, 0.15) is 0 Å². The van der Waals surface area contributed by atoms with Crippen molar-refractivity contribution in [2.75, 3.05) is 26.3 Å². The summed E-state index contributed by atoms with van der Waals surface area (Å²) < 4.78 is 32.2. The maximum atomic E-state index is 13.7. The Morgan fingerprint density at radius 3 is 2.62 bits per heavy atom. The van der Waals surface area contributed by atoms with E-state index >= 15 is 0 Å². The number of hydrogen-bond donors (Lipinski definition) is 1. The van der Waals surface area contributed by atoms with Gasteiger partial charge >= 0.3 is 0 Å². The van der Waals surface area contributed by atoms with Crippen LogP contribution < -0.4 is 5.32 Å². The van der Waals surface area contributed by atoms with Crippen molar-refractivity contribution in [1.29, 1.82) is 0 Å². The smallest absolute Gasteiger partial charge is 0.239 e. The van der Waals surface area contributed by atoms with Crippen LogP contribution in [0.25, 0.3) is 0 Å². The summed E-state index contributed by atoms with van der Waals surface area (Å²) in [5.41, 5.74) is 0.219. The number of halogens is 2. The Kier molecular flexibility index (Phi) is 5.25. The standard InChI is InChI=1S/C15H20F2N2O2/c1-10(12-4-3-5-13(16)14(12)17)18-11(2)15(20)19-6-8-21-9-7-19/h3-5,10-11,18H,6-9H2,1-2H3. The number of ether oxygens (including phenoxy) is 1. The van der Waals surface area contributed by atoms with Crippen molar-refractivity contribution in [3.63, 3.8) is 0 Å². The van der Waals surface area contributed by atoms with E-state index in [0.717, 1.165) is 6.07 Å². The van der Waals surface area contributed by atoms with Gasteiger partial charge in [-0.2, -0.15) is 0 Å². The lowest BCUT2D eigenvalue weighted by molar-refractivity contribution is -0.137. The molecule has 2 rings (SSSR count). The number of carbonyl (C=O) groups is 1. The lowest BCUT2D eigenvalue weighted by Gasteiger charge is -2.30. The second kappa shape index (κ2) is 6.95. The van der Waals surface area contributed by atoms with E-state index in [4.69, 9.17) is 4.74 Å². The van der Waals surface area contributed by atoms with E-state index < -0.39 is 23.7 Å². The van der Waals surface area contributed by atoms with Gasteiger partial charge in [0.05, 0.1) is 19.3 Å². The van der Waals surface area contributed by atoms with Gasteiger partial charge in [-0.05, 0) is 19.9 Å². The Morgan fingerprint density at radius 2 is 1.95 bits per heavy atom. The monoisotopic (exact) mass is 298 g/mol. The first-order chi connectivity index (χ1) is 10.0. The molecule has 0 saturated carbocycles. The zero-order chi connectivity index (χ0) is 15.4. The zero-order valence-corrected chi connectivity index (χ0v) is 12.2. The number of hydrogen-bond acceptors (Lipinski definition) is 3. The number of nitrogens with one attached hydrogen (secondary N) is 1. The number of carbonyl (C=O) groups excluding carboxylic acids is 1. The highest BCUT2D eigenvalue weighted by atomic mass is 19.2.